The summed E-state index contributed by atoms with van der Waals surface area (Å²) in [5, 5.41) is 0. The Morgan fingerprint density at radius 1 is 0.765 bits per heavy atom. The first-order chi connectivity index (χ1) is 16.5. The van der Waals surface area contributed by atoms with E-state index in [-0.39, 0.29) is 5.56 Å². The van der Waals surface area contributed by atoms with Gasteiger partial charge >= 0.3 is 0 Å². The summed E-state index contributed by atoms with van der Waals surface area (Å²) in [4.78, 5) is 0. The van der Waals surface area contributed by atoms with Crippen LogP contribution in [-0.2, 0) is 0 Å². The topological polar surface area (TPSA) is 0 Å². The second kappa shape index (κ2) is 12.0. The standard InChI is InChI=1S/C32H40F2/c1-3-6-24-9-11-25(12-10-24)7-4-5-8-26-13-15-27(16-14-26)28-17-19-29(20-18-28)30-21-31(33)23(2)32(34)22-30/h3-4,6-7,17-22,24-27H,5,8-16H2,1-2H3/b6-3+,7-4+. The molecular weight excluding hydrogens is 422 g/mol. The Kier molecular flexibility index (Phi) is 8.75. The second-order valence-electron chi connectivity index (χ2n) is 10.6. The van der Waals surface area contributed by atoms with Crippen LogP contribution in [0, 0.1) is 36.3 Å². The molecule has 2 heteroatoms. The molecule has 2 aromatic carbocycles. The molecule has 0 heterocycles. The molecule has 2 aliphatic rings. The summed E-state index contributed by atoms with van der Waals surface area (Å²) in [6, 6.07) is 11.2. The van der Waals surface area contributed by atoms with Gasteiger partial charge in [-0.15, -0.1) is 0 Å². The summed E-state index contributed by atoms with van der Waals surface area (Å²) >= 11 is 0. The van der Waals surface area contributed by atoms with Gasteiger partial charge in [0, 0.05) is 5.56 Å². The van der Waals surface area contributed by atoms with Gasteiger partial charge in [0.05, 0.1) is 0 Å². The lowest BCUT2D eigenvalue weighted by molar-refractivity contribution is 0.311. The van der Waals surface area contributed by atoms with Crippen LogP contribution >= 0.6 is 0 Å². The first-order valence-electron chi connectivity index (χ1n) is 13.4. The molecule has 0 bridgehead atoms. The fourth-order valence-corrected chi connectivity index (χ4v) is 5.97. The molecule has 0 amide bonds. The first kappa shape index (κ1) is 24.9. The Bertz CT molecular complexity index is 946. The van der Waals surface area contributed by atoms with Crippen LogP contribution in [-0.4, -0.2) is 0 Å². The normalized spacial score (nSPS) is 25.9. The van der Waals surface area contributed by atoms with Crippen molar-refractivity contribution in [3.63, 3.8) is 0 Å². The Balaban J connectivity index is 1.20. The molecule has 2 fully saturated rings. The maximum atomic E-state index is 13.9. The summed E-state index contributed by atoms with van der Waals surface area (Å²) in [5.41, 5.74) is 2.93. The lowest BCUT2D eigenvalue weighted by Crippen LogP contribution is -2.13. The predicted molar refractivity (Wildman–Crippen MR) is 140 cm³/mol. The third-order valence-electron chi connectivity index (χ3n) is 8.27. The van der Waals surface area contributed by atoms with Crippen molar-refractivity contribution in [2.45, 2.75) is 84.0 Å². The van der Waals surface area contributed by atoms with E-state index >= 15 is 0 Å². The third-order valence-corrected chi connectivity index (χ3v) is 8.27. The summed E-state index contributed by atoms with van der Waals surface area (Å²) in [6.07, 6.45) is 22.6. The van der Waals surface area contributed by atoms with Crippen molar-refractivity contribution in [1.82, 2.24) is 0 Å². The van der Waals surface area contributed by atoms with Crippen LogP contribution in [0.5, 0.6) is 0 Å². The molecule has 2 aliphatic carbocycles. The van der Waals surface area contributed by atoms with Crippen molar-refractivity contribution in [1.29, 1.82) is 0 Å². The smallest absolute Gasteiger partial charge is 0.129 e. The zero-order chi connectivity index (χ0) is 23.9. The SMILES string of the molecule is C/C=C/C1CCC(/C=C/CCC2CCC(c3ccc(-c4cc(F)c(C)c(F)c4)cc3)CC2)CC1. The van der Waals surface area contributed by atoms with E-state index in [0.717, 1.165) is 23.3 Å². The van der Waals surface area contributed by atoms with E-state index in [4.69, 9.17) is 0 Å². The molecular formula is C32H40F2. The molecule has 0 aromatic heterocycles. The Morgan fingerprint density at radius 2 is 1.35 bits per heavy atom. The zero-order valence-electron chi connectivity index (χ0n) is 20.9. The van der Waals surface area contributed by atoms with Crippen molar-refractivity contribution < 1.29 is 8.78 Å². The number of benzene rings is 2. The highest BCUT2D eigenvalue weighted by Gasteiger charge is 2.22. The predicted octanol–water partition coefficient (Wildman–Crippen LogP) is 9.93. The van der Waals surface area contributed by atoms with Crippen molar-refractivity contribution in [2.75, 3.05) is 0 Å². The van der Waals surface area contributed by atoms with Crippen LogP contribution in [0.15, 0.2) is 60.7 Å². The molecule has 182 valence electrons. The van der Waals surface area contributed by atoms with E-state index in [1.807, 2.05) is 12.1 Å². The number of hydrogen-bond donors (Lipinski definition) is 0. The molecule has 34 heavy (non-hydrogen) atoms. The van der Waals surface area contributed by atoms with Gasteiger partial charge < -0.3 is 0 Å². The fraction of sp³-hybridized carbons (Fsp3) is 0.500. The van der Waals surface area contributed by atoms with Gasteiger partial charge in [0.15, 0.2) is 0 Å². The van der Waals surface area contributed by atoms with Gasteiger partial charge in [-0.3, -0.25) is 0 Å². The minimum atomic E-state index is -0.482. The quantitative estimate of drug-likeness (QED) is 0.359. The molecule has 0 spiro atoms. The van der Waals surface area contributed by atoms with E-state index in [9.17, 15) is 8.78 Å². The number of rotatable bonds is 7. The molecule has 0 N–H and O–H groups in total. The van der Waals surface area contributed by atoms with Gasteiger partial charge in [-0.25, -0.2) is 8.78 Å². The van der Waals surface area contributed by atoms with E-state index < -0.39 is 11.6 Å². The maximum Gasteiger partial charge on any atom is 0.129 e. The van der Waals surface area contributed by atoms with Crippen molar-refractivity contribution in [2.24, 2.45) is 17.8 Å². The summed E-state index contributed by atoms with van der Waals surface area (Å²) in [5.74, 6) is 2.11. The van der Waals surface area contributed by atoms with Gasteiger partial charge in [0.2, 0.25) is 0 Å². The fourth-order valence-electron chi connectivity index (χ4n) is 5.97. The van der Waals surface area contributed by atoms with Gasteiger partial charge in [-0.2, -0.15) is 0 Å². The average Bonchev–Trinajstić information content (AvgIpc) is 2.86. The van der Waals surface area contributed by atoms with Gasteiger partial charge in [0.25, 0.3) is 0 Å². The summed E-state index contributed by atoms with van der Waals surface area (Å²) < 4.78 is 27.9. The van der Waals surface area contributed by atoms with Crippen LogP contribution in [0.4, 0.5) is 8.78 Å². The molecule has 4 rings (SSSR count). The lowest BCUT2D eigenvalue weighted by atomic mass is 9.77. The van der Waals surface area contributed by atoms with Crippen LogP contribution in [0.3, 0.4) is 0 Å². The van der Waals surface area contributed by atoms with E-state index in [1.165, 1.54) is 88.8 Å². The molecule has 0 aliphatic heterocycles. The van der Waals surface area contributed by atoms with Crippen LogP contribution in [0.2, 0.25) is 0 Å². The highest BCUT2D eigenvalue weighted by molar-refractivity contribution is 5.64. The second-order valence-corrected chi connectivity index (χ2v) is 10.6. The number of allylic oxidation sites excluding steroid dienone is 4. The van der Waals surface area contributed by atoms with Crippen molar-refractivity contribution in [3.8, 4) is 11.1 Å². The maximum absolute atomic E-state index is 13.9. The zero-order valence-corrected chi connectivity index (χ0v) is 20.9. The molecule has 0 atom stereocenters. The van der Waals surface area contributed by atoms with Crippen LogP contribution in [0.1, 0.15) is 88.2 Å². The Labute approximate surface area is 205 Å². The summed E-state index contributed by atoms with van der Waals surface area (Å²) in [7, 11) is 0. The lowest BCUT2D eigenvalue weighted by Gasteiger charge is -2.29. The van der Waals surface area contributed by atoms with Gasteiger partial charge in [-0.1, -0.05) is 48.6 Å². The van der Waals surface area contributed by atoms with Gasteiger partial charge in [-0.05, 0) is 131 Å². The van der Waals surface area contributed by atoms with Gasteiger partial charge in [0.1, 0.15) is 11.6 Å². The number of hydrogen-bond acceptors (Lipinski definition) is 0. The molecule has 0 radical (unpaired) electrons. The molecule has 0 saturated heterocycles. The average molecular weight is 463 g/mol. The molecule has 0 nitrogen and oxygen atoms in total. The minimum Gasteiger partial charge on any atom is -0.207 e. The van der Waals surface area contributed by atoms with Crippen molar-refractivity contribution >= 4 is 0 Å². The number of halogens is 2. The molecule has 2 saturated carbocycles. The third kappa shape index (κ3) is 6.46. The van der Waals surface area contributed by atoms with Crippen LogP contribution in [0.25, 0.3) is 11.1 Å². The molecule has 0 unspecified atom stereocenters. The summed E-state index contributed by atoms with van der Waals surface area (Å²) in [6.45, 7) is 3.61. The highest BCUT2D eigenvalue weighted by atomic mass is 19.1. The van der Waals surface area contributed by atoms with E-state index in [0.29, 0.717) is 11.5 Å². The van der Waals surface area contributed by atoms with Crippen LogP contribution < -0.4 is 0 Å². The highest BCUT2D eigenvalue weighted by Crippen LogP contribution is 2.38. The Hall–Kier alpha value is -2.22. The molecule has 2 aromatic rings. The van der Waals surface area contributed by atoms with Crippen molar-refractivity contribution in [3.05, 3.63) is 83.5 Å². The van der Waals surface area contributed by atoms with E-state index in [2.05, 4.69) is 43.4 Å². The van der Waals surface area contributed by atoms with E-state index in [1.54, 1.807) is 0 Å². The minimum absolute atomic E-state index is 0.0832. The largest absolute Gasteiger partial charge is 0.207 e. The Morgan fingerprint density at radius 3 is 1.94 bits per heavy atom. The first-order valence-corrected chi connectivity index (χ1v) is 13.4. The monoisotopic (exact) mass is 462 g/mol.